The van der Waals surface area contributed by atoms with Crippen LogP contribution in [0.1, 0.15) is 136 Å². The molecule has 23 heteroatoms. The number of carbonyl (C=O) groups excluding carboxylic acids is 4. The average molecular weight is 1170 g/mol. The number of nitrogens with zero attached hydrogens (tertiary/aromatic N) is 3. The van der Waals surface area contributed by atoms with Crippen molar-refractivity contribution >= 4 is 29.5 Å². The van der Waals surface area contributed by atoms with Crippen molar-refractivity contribution < 1.29 is 96.2 Å². The number of morpholine rings is 1. The van der Waals surface area contributed by atoms with Crippen LogP contribution in [0.3, 0.4) is 0 Å². The molecule has 0 aromatic heterocycles. The molecule has 5 saturated heterocycles. The van der Waals surface area contributed by atoms with E-state index in [2.05, 4.69) is 10.1 Å². The summed E-state index contributed by atoms with van der Waals surface area (Å²) in [5, 5.41) is 37.9. The van der Waals surface area contributed by atoms with Crippen molar-refractivity contribution in [3.05, 3.63) is 0 Å². The van der Waals surface area contributed by atoms with E-state index in [9.17, 15) is 24.9 Å². The van der Waals surface area contributed by atoms with Crippen LogP contribution in [0, 0.1) is 41.4 Å². The van der Waals surface area contributed by atoms with Crippen molar-refractivity contribution in [3.8, 4) is 0 Å². The SMILES string of the molecule is CO/N=C1\C[C@@H](C)O[C@@H](O[C@@H]2[C@@H](C)[C@H](O[C@H]3C[C@@H](C)N(CC(C)(C)O)C[C@H](C)O3)[C@@H](C)C(=O)O[C@H]([C@@H](C)CO[C@@H]3O[C@H](C)[C@@H](O)[C@@H](OC)[C@H]3OC)[C@H](C)[C@@H](OC(=O)CC(C)C)[C@@H](C)C(=O)[C@@](C)(OC(=O)N3CCO[C@@H](C)C3)C[C@@H]2C)[C@@H]1O. The van der Waals surface area contributed by atoms with Crippen LogP contribution in [0.2, 0.25) is 0 Å². The Labute approximate surface area is 487 Å². The van der Waals surface area contributed by atoms with Crippen molar-refractivity contribution in [2.24, 2.45) is 46.6 Å². The summed E-state index contributed by atoms with van der Waals surface area (Å²) in [5.41, 5.74) is -2.70. The number of esters is 2. The van der Waals surface area contributed by atoms with Crippen LogP contribution >= 0.6 is 0 Å². The summed E-state index contributed by atoms with van der Waals surface area (Å²) in [4.78, 5) is 68.9. The summed E-state index contributed by atoms with van der Waals surface area (Å²) in [7, 11) is 4.28. The molecule has 5 heterocycles. The summed E-state index contributed by atoms with van der Waals surface area (Å²) in [6.45, 7) is 30.0. The first-order valence-electron chi connectivity index (χ1n) is 29.7. The largest absolute Gasteiger partial charge is 0.461 e. The van der Waals surface area contributed by atoms with E-state index in [1.807, 2.05) is 48.5 Å². The molecular formula is C59H103N3O20. The maximum absolute atomic E-state index is 16.0. The number of oxime groups is 1. The average Bonchev–Trinajstić information content (AvgIpc) is 3.72. The van der Waals surface area contributed by atoms with Gasteiger partial charge in [-0.1, -0.05) is 53.6 Å². The molecular weight excluding hydrogens is 1070 g/mol. The molecule has 23 atom stereocenters. The maximum atomic E-state index is 16.0. The number of methoxy groups -OCH3 is 2. The molecule has 23 nitrogen and oxygen atoms in total. The Kier molecular flexibility index (Phi) is 25.8. The minimum absolute atomic E-state index is 0.00133. The summed E-state index contributed by atoms with van der Waals surface area (Å²) < 4.78 is 76.7. The number of ketones is 1. The van der Waals surface area contributed by atoms with Crippen molar-refractivity contribution in [2.75, 3.05) is 60.7 Å². The normalized spacial score (nSPS) is 40.8. The molecule has 5 aliphatic heterocycles. The number of aliphatic hydroxyl groups excluding tert-OH is 2. The van der Waals surface area contributed by atoms with Gasteiger partial charge in [0.25, 0.3) is 0 Å². The minimum Gasteiger partial charge on any atom is -0.461 e. The van der Waals surface area contributed by atoms with Gasteiger partial charge in [0.1, 0.15) is 43.7 Å². The third kappa shape index (κ3) is 18.2. The monoisotopic (exact) mass is 1170 g/mol. The number of rotatable bonds is 17. The number of hydrogen-bond donors (Lipinski definition) is 3. The number of aliphatic hydroxyl groups is 3. The number of Topliss-reactive ketones (excluding diaryl/α,β-unsaturated/α-hetero) is 1. The summed E-state index contributed by atoms with van der Waals surface area (Å²) in [6.07, 6.45) is -14.3. The molecule has 3 N–H and O–H groups in total. The van der Waals surface area contributed by atoms with Gasteiger partial charge >= 0.3 is 18.0 Å². The lowest BCUT2D eigenvalue weighted by molar-refractivity contribution is -0.305. The van der Waals surface area contributed by atoms with Gasteiger partial charge in [-0.05, 0) is 80.6 Å². The summed E-state index contributed by atoms with van der Waals surface area (Å²) in [6, 6.07) is -0.162. The van der Waals surface area contributed by atoms with Gasteiger partial charge < -0.3 is 81.9 Å². The molecule has 0 aromatic rings. The highest BCUT2D eigenvalue weighted by Gasteiger charge is 2.53. The Morgan fingerprint density at radius 3 is 2.09 bits per heavy atom. The second-order valence-corrected chi connectivity index (χ2v) is 25.6. The first-order chi connectivity index (χ1) is 38.3. The molecule has 5 rings (SSSR count). The van der Waals surface area contributed by atoms with Crippen molar-refractivity contribution in [1.82, 2.24) is 9.80 Å². The Morgan fingerprint density at radius 2 is 1.48 bits per heavy atom. The van der Waals surface area contributed by atoms with E-state index in [-0.39, 0.29) is 75.4 Å². The highest BCUT2D eigenvalue weighted by Crippen LogP contribution is 2.41. The van der Waals surface area contributed by atoms with E-state index >= 15 is 9.59 Å². The molecule has 82 heavy (non-hydrogen) atoms. The van der Waals surface area contributed by atoms with Crippen LogP contribution in [0.5, 0.6) is 0 Å². The van der Waals surface area contributed by atoms with Crippen LogP contribution in [0.25, 0.3) is 0 Å². The van der Waals surface area contributed by atoms with E-state index in [1.165, 1.54) is 26.2 Å². The van der Waals surface area contributed by atoms with Crippen molar-refractivity contribution in [3.63, 3.8) is 0 Å². The highest BCUT2D eigenvalue weighted by molar-refractivity contribution is 5.92. The zero-order valence-electron chi connectivity index (χ0n) is 52.5. The van der Waals surface area contributed by atoms with Gasteiger partial charge in [0.15, 0.2) is 30.3 Å². The lowest BCUT2D eigenvalue weighted by Crippen LogP contribution is -2.59. The first kappa shape index (κ1) is 69.6. The summed E-state index contributed by atoms with van der Waals surface area (Å²) in [5.74, 6) is -7.56. The third-order valence-corrected chi connectivity index (χ3v) is 16.8. The van der Waals surface area contributed by atoms with Crippen molar-refractivity contribution in [2.45, 2.75) is 246 Å². The predicted molar refractivity (Wildman–Crippen MR) is 299 cm³/mol. The molecule has 0 bridgehead atoms. The fourth-order valence-corrected chi connectivity index (χ4v) is 12.6. The molecule has 0 spiro atoms. The fraction of sp³-hybridized carbons (Fsp3) is 0.915. The Bertz CT molecular complexity index is 2080. The second kappa shape index (κ2) is 30.5. The molecule has 0 aliphatic carbocycles. The van der Waals surface area contributed by atoms with Gasteiger partial charge in [-0.25, -0.2) is 4.79 Å². The molecule has 0 saturated carbocycles. The molecule has 0 aromatic carbocycles. The minimum atomic E-state index is -1.96. The Hall–Kier alpha value is -3.17. The second-order valence-electron chi connectivity index (χ2n) is 25.6. The molecule has 0 unspecified atom stereocenters. The molecule has 5 fully saturated rings. The van der Waals surface area contributed by atoms with Gasteiger partial charge in [0.05, 0.1) is 79.5 Å². The van der Waals surface area contributed by atoms with Crippen LogP contribution in [-0.4, -0.2) is 225 Å². The molecule has 5 aliphatic rings. The fourth-order valence-electron chi connectivity index (χ4n) is 12.6. The number of ether oxygens (including phenoxy) is 12. The Balaban J connectivity index is 1.72. The smallest absolute Gasteiger partial charge is 0.410 e. The van der Waals surface area contributed by atoms with Crippen LogP contribution in [0.4, 0.5) is 4.79 Å². The number of hydrogen-bond acceptors (Lipinski definition) is 22. The lowest BCUT2D eigenvalue weighted by Gasteiger charge is -2.45. The lowest BCUT2D eigenvalue weighted by atomic mass is 9.74. The van der Waals surface area contributed by atoms with Crippen LogP contribution in [0.15, 0.2) is 5.16 Å². The van der Waals surface area contributed by atoms with E-state index in [0.29, 0.717) is 19.5 Å². The van der Waals surface area contributed by atoms with Gasteiger partial charge in [0, 0.05) is 76.9 Å². The summed E-state index contributed by atoms with van der Waals surface area (Å²) >= 11 is 0. The van der Waals surface area contributed by atoms with E-state index in [4.69, 9.17) is 61.7 Å². The number of β-amino-alcohol motifs (C(OH)–C–C–N with tert-alkyl or cyclic N) is 1. The van der Waals surface area contributed by atoms with Gasteiger partial charge in [-0.15, -0.1) is 0 Å². The van der Waals surface area contributed by atoms with Crippen LogP contribution < -0.4 is 0 Å². The third-order valence-electron chi connectivity index (χ3n) is 16.8. The van der Waals surface area contributed by atoms with E-state index < -0.39 is 150 Å². The topological polar surface area (TPSA) is 268 Å². The maximum Gasteiger partial charge on any atom is 0.410 e. The Morgan fingerprint density at radius 1 is 0.805 bits per heavy atom. The van der Waals surface area contributed by atoms with Crippen LogP contribution in [-0.2, 0) is 76.1 Å². The number of carbonyl (C=O) groups is 4. The van der Waals surface area contributed by atoms with Gasteiger partial charge in [-0.2, -0.15) is 0 Å². The van der Waals surface area contributed by atoms with E-state index in [1.54, 1.807) is 62.3 Å². The van der Waals surface area contributed by atoms with Gasteiger partial charge in [-0.3, -0.25) is 19.3 Å². The van der Waals surface area contributed by atoms with Crippen molar-refractivity contribution in [1.29, 1.82) is 0 Å². The standard InChI is InChI=1S/C59H103N3O20/c1-30(2)22-43(63)78-49-38(10)48(32(4)28-74-56-52(71-18)51(70-17)45(64)41(13)77-56)80-54(67)40(12)50(79-44-23-33(5)62(27-36(8)75-44)29-58(14,15)69)37(9)47(81-55-46(65)42(60-72-19)24-34(6)76-55)31(3)25-59(16,53(66)39(49)11)82-57(68)61-20-21-73-35(7)26-61/h30-41,44-52,55-56,64-65,69H,20-29H2,1-19H3/b60-42+/t31-,32-,33+,34+,35-,36-,37+,38-,39+,40+,41+,44-,45+,46+,47-,48+,49+,50-,51+,52+,55-,56+,59-/m0/s1. The number of amides is 1. The predicted octanol–water partition coefficient (Wildman–Crippen LogP) is 5.28. The highest BCUT2D eigenvalue weighted by atomic mass is 16.7. The van der Waals surface area contributed by atoms with E-state index in [0.717, 1.165) is 0 Å². The quantitative estimate of drug-likeness (QED) is 0.0950. The zero-order valence-corrected chi connectivity index (χ0v) is 52.5. The molecule has 1 amide bonds. The zero-order chi connectivity index (χ0) is 61.3. The van der Waals surface area contributed by atoms with Gasteiger partial charge in [0.2, 0.25) is 0 Å². The molecule has 0 radical (unpaired) electrons. The molecule has 474 valence electrons. The number of cyclic esters (lactones) is 1. The first-order valence-corrected chi connectivity index (χ1v) is 29.7.